The number of hydrazone groups is 1. The quantitative estimate of drug-likeness (QED) is 0.400. The van der Waals surface area contributed by atoms with Gasteiger partial charge in [-0.2, -0.15) is 5.10 Å². The normalized spacial score (nSPS) is 11.5. The summed E-state index contributed by atoms with van der Waals surface area (Å²) in [6.07, 6.45) is 5.96. The fourth-order valence-corrected chi connectivity index (χ4v) is 2.69. The van der Waals surface area contributed by atoms with Gasteiger partial charge in [0.1, 0.15) is 5.76 Å². The number of nitrogens with one attached hydrogen (secondary N) is 2. The Labute approximate surface area is 156 Å². The minimum atomic E-state index is -0.413. The monoisotopic (exact) mass is 364 g/mol. The van der Waals surface area contributed by atoms with Crippen molar-refractivity contribution >= 4 is 35.0 Å². The van der Waals surface area contributed by atoms with E-state index in [-0.39, 0.29) is 6.54 Å². The predicted molar refractivity (Wildman–Crippen MR) is 104 cm³/mol. The van der Waals surface area contributed by atoms with Crippen LogP contribution in [0.4, 0.5) is 0 Å². The Balaban J connectivity index is 1.54. The number of aryl methyl sites for hydroxylation is 1. The topological polar surface area (TPSA) is 88.6 Å². The summed E-state index contributed by atoms with van der Waals surface area (Å²) in [5.41, 5.74) is 5.51. The first-order valence-corrected chi connectivity index (χ1v) is 8.41. The number of nitrogens with zero attached hydrogens (tertiary/aromatic N) is 2. The lowest BCUT2D eigenvalue weighted by molar-refractivity contribution is -0.123. The number of benzene rings is 1. The second-order valence-electron chi connectivity index (χ2n) is 5.93. The fourth-order valence-electron chi connectivity index (χ4n) is 2.69. The molecule has 0 aliphatic rings. The van der Waals surface area contributed by atoms with Crippen LogP contribution in [0.3, 0.4) is 0 Å². The van der Waals surface area contributed by atoms with Gasteiger partial charge in [-0.15, -0.1) is 0 Å². The zero-order chi connectivity index (χ0) is 19.2. The molecule has 2 N–H and O–H groups in total. The van der Waals surface area contributed by atoms with E-state index in [1.165, 1.54) is 18.4 Å². The van der Waals surface area contributed by atoms with Crippen LogP contribution in [0.5, 0.6) is 0 Å². The van der Waals surface area contributed by atoms with E-state index in [2.05, 4.69) is 20.4 Å². The first-order chi connectivity index (χ1) is 13.1. The molecule has 0 saturated heterocycles. The number of hydrogen-bond acceptors (Lipinski definition) is 4. The first-order valence-electron chi connectivity index (χ1n) is 8.41. The van der Waals surface area contributed by atoms with Crippen molar-refractivity contribution in [3.05, 3.63) is 65.8 Å². The molecule has 0 radical (unpaired) electrons. The van der Waals surface area contributed by atoms with Crippen LogP contribution < -0.4 is 10.7 Å². The van der Waals surface area contributed by atoms with Gasteiger partial charge in [-0.25, -0.2) is 5.43 Å². The van der Waals surface area contributed by atoms with Crippen LogP contribution in [-0.2, 0) is 16.6 Å². The van der Waals surface area contributed by atoms with E-state index in [1.54, 1.807) is 18.3 Å². The Kier molecular flexibility index (Phi) is 5.51. The molecule has 0 spiro atoms. The van der Waals surface area contributed by atoms with Crippen LogP contribution in [0.15, 0.2) is 58.3 Å². The van der Waals surface area contributed by atoms with Crippen molar-refractivity contribution in [3.63, 3.8) is 0 Å². The van der Waals surface area contributed by atoms with Crippen LogP contribution >= 0.6 is 0 Å². The Morgan fingerprint density at radius 3 is 2.81 bits per heavy atom. The molecule has 2 amide bonds. The van der Waals surface area contributed by atoms with Crippen LogP contribution in [0.2, 0.25) is 0 Å². The molecule has 0 aliphatic carbocycles. The zero-order valence-corrected chi connectivity index (χ0v) is 15.1. The number of furan rings is 1. The third kappa shape index (κ3) is 4.33. The number of carbonyl (C=O) groups is 2. The molecule has 2 heterocycles. The zero-order valence-electron chi connectivity index (χ0n) is 15.1. The molecule has 2 aromatic heterocycles. The van der Waals surface area contributed by atoms with E-state index in [0.717, 1.165) is 22.2 Å². The predicted octanol–water partition coefficient (Wildman–Crippen LogP) is 2.36. The summed E-state index contributed by atoms with van der Waals surface area (Å²) in [7, 11) is 1.99. The van der Waals surface area contributed by atoms with Crippen LogP contribution in [0.25, 0.3) is 17.0 Å². The van der Waals surface area contributed by atoms with Crippen molar-refractivity contribution < 1.29 is 14.0 Å². The van der Waals surface area contributed by atoms with E-state index in [4.69, 9.17) is 4.42 Å². The van der Waals surface area contributed by atoms with Gasteiger partial charge in [0.25, 0.3) is 5.91 Å². The SMILES string of the molecule is Cc1c(C=NNC(=O)CNC(=O)C=Cc2ccco2)c2ccccc2n1C. The molecule has 0 aliphatic heterocycles. The van der Waals surface area contributed by atoms with Gasteiger partial charge in [0.15, 0.2) is 0 Å². The number of carbonyl (C=O) groups excluding carboxylic acids is 2. The highest BCUT2D eigenvalue weighted by Gasteiger charge is 2.09. The average Bonchev–Trinajstić information content (AvgIpc) is 3.28. The van der Waals surface area contributed by atoms with Crippen LogP contribution in [-0.4, -0.2) is 29.1 Å². The standard InChI is InChI=1S/C20H20N4O3/c1-14-17(16-7-3-4-8-18(16)24(14)2)12-22-23-20(26)13-21-19(25)10-9-15-6-5-11-27-15/h3-12H,13H2,1-2H3,(H,21,25)(H,23,26). The molecule has 0 fully saturated rings. The molecule has 3 aromatic rings. The minimum Gasteiger partial charge on any atom is -0.465 e. The van der Waals surface area contributed by atoms with Gasteiger partial charge < -0.3 is 14.3 Å². The molecule has 138 valence electrons. The number of aromatic nitrogens is 1. The number of rotatable bonds is 6. The van der Waals surface area contributed by atoms with Crippen molar-refractivity contribution in [2.45, 2.75) is 6.92 Å². The van der Waals surface area contributed by atoms with Gasteiger partial charge in [0, 0.05) is 35.3 Å². The van der Waals surface area contributed by atoms with E-state index in [1.807, 2.05) is 38.2 Å². The maximum absolute atomic E-state index is 11.8. The lowest BCUT2D eigenvalue weighted by Crippen LogP contribution is -2.34. The van der Waals surface area contributed by atoms with Crippen molar-refractivity contribution in [3.8, 4) is 0 Å². The lowest BCUT2D eigenvalue weighted by atomic mass is 10.1. The molecule has 0 saturated carbocycles. The summed E-state index contributed by atoms with van der Waals surface area (Å²) in [6.45, 7) is 1.82. The molecule has 7 heteroatoms. The minimum absolute atomic E-state index is 0.173. The highest BCUT2D eigenvalue weighted by Crippen LogP contribution is 2.22. The molecule has 0 bridgehead atoms. The van der Waals surface area contributed by atoms with Gasteiger partial charge in [-0.3, -0.25) is 9.59 Å². The Bertz CT molecular complexity index is 1010. The third-order valence-corrected chi connectivity index (χ3v) is 4.20. The summed E-state index contributed by atoms with van der Waals surface area (Å²) in [6, 6.07) is 11.4. The third-order valence-electron chi connectivity index (χ3n) is 4.20. The summed E-state index contributed by atoms with van der Waals surface area (Å²) >= 11 is 0. The first kappa shape index (κ1) is 18.2. The molecule has 0 atom stereocenters. The van der Waals surface area contributed by atoms with Crippen LogP contribution in [0, 0.1) is 6.92 Å². The Morgan fingerprint density at radius 1 is 1.22 bits per heavy atom. The molecule has 7 nitrogen and oxygen atoms in total. The maximum Gasteiger partial charge on any atom is 0.259 e. The van der Waals surface area contributed by atoms with Crippen molar-refractivity contribution in [2.24, 2.45) is 12.1 Å². The Hall–Kier alpha value is -3.61. The highest BCUT2D eigenvalue weighted by atomic mass is 16.3. The van der Waals surface area contributed by atoms with Crippen LogP contribution in [0.1, 0.15) is 17.0 Å². The number of amides is 2. The largest absolute Gasteiger partial charge is 0.465 e. The smallest absolute Gasteiger partial charge is 0.259 e. The van der Waals surface area contributed by atoms with Gasteiger partial charge in [0.05, 0.1) is 19.0 Å². The average molecular weight is 364 g/mol. The number of fused-ring (bicyclic) bond motifs is 1. The maximum atomic E-state index is 11.8. The molecule has 27 heavy (non-hydrogen) atoms. The van der Waals surface area contributed by atoms with Crippen molar-refractivity contribution in [1.29, 1.82) is 0 Å². The van der Waals surface area contributed by atoms with Gasteiger partial charge in [-0.05, 0) is 31.2 Å². The summed E-state index contributed by atoms with van der Waals surface area (Å²) in [4.78, 5) is 23.5. The highest BCUT2D eigenvalue weighted by molar-refractivity contribution is 6.01. The molecular formula is C20H20N4O3. The number of para-hydroxylation sites is 1. The molecule has 3 rings (SSSR count). The molecule has 1 aromatic carbocycles. The number of hydrogen-bond donors (Lipinski definition) is 2. The van der Waals surface area contributed by atoms with E-state index >= 15 is 0 Å². The summed E-state index contributed by atoms with van der Waals surface area (Å²) in [5.74, 6) is -0.246. The van der Waals surface area contributed by atoms with Crippen molar-refractivity contribution in [2.75, 3.05) is 6.54 Å². The summed E-state index contributed by atoms with van der Waals surface area (Å²) in [5, 5.41) is 7.55. The Morgan fingerprint density at radius 2 is 2.04 bits per heavy atom. The molecular weight excluding hydrogens is 344 g/mol. The van der Waals surface area contributed by atoms with Crippen molar-refractivity contribution in [1.82, 2.24) is 15.3 Å². The van der Waals surface area contributed by atoms with Gasteiger partial charge in [-0.1, -0.05) is 18.2 Å². The summed E-state index contributed by atoms with van der Waals surface area (Å²) < 4.78 is 7.15. The van der Waals surface area contributed by atoms with Gasteiger partial charge in [0.2, 0.25) is 5.91 Å². The second kappa shape index (κ2) is 8.18. The van der Waals surface area contributed by atoms with E-state index < -0.39 is 11.8 Å². The lowest BCUT2D eigenvalue weighted by Gasteiger charge is -2.01. The van der Waals surface area contributed by atoms with Gasteiger partial charge >= 0.3 is 0 Å². The molecule has 0 unspecified atom stereocenters. The fraction of sp³-hybridized carbons (Fsp3) is 0.150. The van der Waals surface area contributed by atoms with E-state index in [0.29, 0.717) is 5.76 Å². The second-order valence-corrected chi connectivity index (χ2v) is 5.93. The van der Waals surface area contributed by atoms with E-state index in [9.17, 15) is 9.59 Å².